The van der Waals surface area contributed by atoms with Crippen LogP contribution in [0.5, 0.6) is 11.5 Å². The second kappa shape index (κ2) is 8.41. The van der Waals surface area contributed by atoms with E-state index in [1.807, 2.05) is 6.92 Å². The van der Waals surface area contributed by atoms with Crippen molar-refractivity contribution in [2.45, 2.75) is 38.6 Å². The van der Waals surface area contributed by atoms with Gasteiger partial charge in [0.1, 0.15) is 0 Å². The monoisotopic (exact) mass is 321 g/mol. The minimum absolute atomic E-state index is 0.215. The molecule has 126 valence electrons. The van der Waals surface area contributed by atoms with Gasteiger partial charge in [0.2, 0.25) is 0 Å². The van der Waals surface area contributed by atoms with Gasteiger partial charge in [-0.2, -0.15) is 0 Å². The lowest BCUT2D eigenvalue weighted by molar-refractivity contribution is -0.124. The number of rotatable bonds is 7. The number of methoxy groups -OCH3 is 1. The number of esters is 1. The summed E-state index contributed by atoms with van der Waals surface area (Å²) in [6.45, 7) is 2.03. The Bertz CT molecular complexity index is 552. The van der Waals surface area contributed by atoms with Crippen molar-refractivity contribution < 1.29 is 23.8 Å². The zero-order valence-electron chi connectivity index (χ0n) is 13.6. The third-order valence-corrected chi connectivity index (χ3v) is 3.75. The molecule has 0 spiro atoms. The summed E-state index contributed by atoms with van der Waals surface area (Å²) in [5.41, 5.74) is 0.322. The SMILES string of the molecule is CCOc1cc(C(=O)OCC(=O)NC2CCCC2)ccc1OC. The molecular weight excluding hydrogens is 298 g/mol. The van der Waals surface area contributed by atoms with Crippen molar-refractivity contribution in [1.82, 2.24) is 5.32 Å². The lowest BCUT2D eigenvalue weighted by Crippen LogP contribution is -2.35. The standard InChI is InChI=1S/C17H23NO5/c1-3-22-15-10-12(8-9-14(15)21-2)17(20)23-11-16(19)18-13-6-4-5-7-13/h8-10,13H,3-7,11H2,1-2H3,(H,18,19). The van der Waals surface area contributed by atoms with Crippen LogP contribution in [0.15, 0.2) is 18.2 Å². The van der Waals surface area contributed by atoms with Crippen LogP contribution in [0.2, 0.25) is 0 Å². The summed E-state index contributed by atoms with van der Waals surface area (Å²) in [5.74, 6) is 0.196. The molecule has 2 rings (SSSR count). The van der Waals surface area contributed by atoms with Gasteiger partial charge >= 0.3 is 5.97 Å². The molecule has 0 atom stereocenters. The zero-order chi connectivity index (χ0) is 16.7. The molecule has 1 amide bonds. The lowest BCUT2D eigenvalue weighted by atomic mass is 10.2. The first-order chi connectivity index (χ1) is 11.1. The quantitative estimate of drug-likeness (QED) is 0.780. The molecule has 1 aliphatic rings. The fourth-order valence-corrected chi connectivity index (χ4v) is 2.63. The number of amides is 1. The number of carbonyl (C=O) groups excluding carboxylic acids is 2. The summed E-state index contributed by atoms with van der Waals surface area (Å²) in [4.78, 5) is 23.8. The highest BCUT2D eigenvalue weighted by atomic mass is 16.5. The number of nitrogens with one attached hydrogen (secondary N) is 1. The van der Waals surface area contributed by atoms with Gasteiger partial charge in [-0.05, 0) is 38.0 Å². The lowest BCUT2D eigenvalue weighted by Gasteiger charge is -2.13. The highest BCUT2D eigenvalue weighted by Gasteiger charge is 2.18. The molecule has 1 fully saturated rings. The Balaban J connectivity index is 1.89. The summed E-state index contributed by atoms with van der Waals surface area (Å²) < 4.78 is 15.6. The molecule has 1 N–H and O–H groups in total. The molecule has 0 aromatic heterocycles. The van der Waals surface area contributed by atoms with E-state index in [2.05, 4.69) is 5.32 Å². The highest BCUT2D eigenvalue weighted by molar-refractivity contribution is 5.92. The predicted octanol–water partition coefficient (Wildman–Crippen LogP) is 2.31. The first-order valence-electron chi connectivity index (χ1n) is 7.91. The first-order valence-corrected chi connectivity index (χ1v) is 7.91. The zero-order valence-corrected chi connectivity index (χ0v) is 13.6. The molecule has 0 bridgehead atoms. The van der Waals surface area contributed by atoms with Crippen molar-refractivity contribution in [3.63, 3.8) is 0 Å². The Kier molecular flexibility index (Phi) is 6.26. The van der Waals surface area contributed by atoms with Crippen LogP contribution >= 0.6 is 0 Å². The number of carbonyl (C=O) groups is 2. The Morgan fingerprint density at radius 3 is 2.61 bits per heavy atom. The van der Waals surface area contributed by atoms with Crippen LogP contribution in [0.1, 0.15) is 43.0 Å². The second-order valence-corrected chi connectivity index (χ2v) is 5.42. The van der Waals surface area contributed by atoms with Crippen LogP contribution < -0.4 is 14.8 Å². The third kappa shape index (κ3) is 4.87. The van der Waals surface area contributed by atoms with E-state index in [1.54, 1.807) is 18.2 Å². The molecule has 23 heavy (non-hydrogen) atoms. The number of benzene rings is 1. The maximum absolute atomic E-state index is 12.0. The van der Waals surface area contributed by atoms with Crippen molar-refractivity contribution >= 4 is 11.9 Å². The van der Waals surface area contributed by atoms with Crippen LogP contribution in [-0.4, -0.2) is 38.2 Å². The molecule has 0 saturated heterocycles. The van der Waals surface area contributed by atoms with Gasteiger partial charge in [0.25, 0.3) is 5.91 Å². The largest absolute Gasteiger partial charge is 0.493 e. The van der Waals surface area contributed by atoms with Gasteiger partial charge in [-0.15, -0.1) is 0 Å². The number of hydrogen-bond acceptors (Lipinski definition) is 5. The van der Waals surface area contributed by atoms with Gasteiger partial charge in [-0.1, -0.05) is 12.8 Å². The van der Waals surface area contributed by atoms with Gasteiger partial charge in [0, 0.05) is 6.04 Å². The van der Waals surface area contributed by atoms with Gasteiger partial charge in [-0.3, -0.25) is 4.79 Å². The van der Waals surface area contributed by atoms with E-state index in [-0.39, 0.29) is 18.6 Å². The first kappa shape index (κ1) is 17.1. The maximum atomic E-state index is 12.0. The Morgan fingerprint density at radius 2 is 1.96 bits per heavy atom. The van der Waals surface area contributed by atoms with Crippen molar-refractivity contribution in [3.8, 4) is 11.5 Å². The van der Waals surface area contributed by atoms with E-state index in [1.165, 1.54) is 7.11 Å². The minimum Gasteiger partial charge on any atom is -0.493 e. The van der Waals surface area contributed by atoms with Gasteiger partial charge in [0.15, 0.2) is 18.1 Å². The smallest absolute Gasteiger partial charge is 0.338 e. The summed E-state index contributed by atoms with van der Waals surface area (Å²) in [7, 11) is 1.53. The predicted molar refractivity (Wildman–Crippen MR) is 84.8 cm³/mol. The molecule has 6 heteroatoms. The van der Waals surface area contributed by atoms with Gasteiger partial charge in [-0.25, -0.2) is 4.79 Å². The molecule has 6 nitrogen and oxygen atoms in total. The Labute approximate surface area is 136 Å². The van der Waals surface area contributed by atoms with E-state index >= 15 is 0 Å². The van der Waals surface area contributed by atoms with E-state index in [9.17, 15) is 9.59 Å². The van der Waals surface area contributed by atoms with Crippen molar-refractivity contribution in [1.29, 1.82) is 0 Å². The molecule has 0 heterocycles. The van der Waals surface area contributed by atoms with Crippen LogP contribution in [0, 0.1) is 0 Å². The average Bonchev–Trinajstić information content (AvgIpc) is 3.05. The molecule has 0 unspecified atom stereocenters. The highest BCUT2D eigenvalue weighted by Crippen LogP contribution is 2.28. The summed E-state index contributed by atoms with van der Waals surface area (Å²) >= 11 is 0. The molecule has 1 aromatic carbocycles. The summed E-state index contributed by atoms with van der Waals surface area (Å²) in [5, 5.41) is 2.87. The van der Waals surface area contributed by atoms with E-state index in [0.29, 0.717) is 23.7 Å². The van der Waals surface area contributed by atoms with Crippen molar-refractivity contribution in [2.24, 2.45) is 0 Å². The topological polar surface area (TPSA) is 73.9 Å². The van der Waals surface area contributed by atoms with Gasteiger partial charge in [0.05, 0.1) is 19.3 Å². The molecule has 0 aliphatic heterocycles. The Morgan fingerprint density at radius 1 is 1.22 bits per heavy atom. The van der Waals surface area contributed by atoms with E-state index < -0.39 is 5.97 Å². The van der Waals surface area contributed by atoms with Crippen molar-refractivity contribution in [3.05, 3.63) is 23.8 Å². The van der Waals surface area contributed by atoms with Gasteiger partial charge < -0.3 is 19.5 Å². The van der Waals surface area contributed by atoms with Crippen LogP contribution in [0.25, 0.3) is 0 Å². The molecule has 1 saturated carbocycles. The molecule has 0 radical (unpaired) electrons. The summed E-state index contributed by atoms with van der Waals surface area (Å²) in [6.07, 6.45) is 4.26. The molecule has 1 aromatic rings. The van der Waals surface area contributed by atoms with Crippen molar-refractivity contribution in [2.75, 3.05) is 20.3 Å². The number of hydrogen-bond donors (Lipinski definition) is 1. The van der Waals surface area contributed by atoms with Crippen LogP contribution in [0.4, 0.5) is 0 Å². The third-order valence-electron chi connectivity index (χ3n) is 3.75. The van der Waals surface area contributed by atoms with Crippen LogP contribution in [0.3, 0.4) is 0 Å². The average molecular weight is 321 g/mol. The Hall–Kier alpha value is -2.24. The van der Waals surface area contributed by atoms with E-state index in [0.717, 1.165) is 25.7 Å². The fourth-order valence-electron chi connectivity index (χ4n) is 2.63. The van der Waals surface area contributed by atoms with E-state index in [4.69, 9.17) is 14.2 Å². The maximum Gasteiger partial charge on any atom is 0.338 e. The molecule has 1 aliphatic carbocycles. The fraction of sp³-hybridized carbons (Fsp3) is 0.529. The number of ether oxygens (including phenoxy) is 3. The second-order valence-electron chi connectivity index (χ2n) is 5.42. The molecular formula is C17H23NO5. The summed E-state index contributed by atoms with van der Waals surface area (Å²) in [6, 6.07) is 4.99. The van der Waals surface area contributed by atoms with Crippen LogP contribution in [-0.2, 0) is 9.53 Å². The normalized spacial score (nSPS) is 14.3. The minimum atomic E-state index is -0.560.